The number of carboxylic acids is 3. The number of halogens is 4. The number of unbranched alkanes of at least 4 members (excludes halogenated alkanes) is 6. The van der Waals surface area contributed by atoms with Gasteiger partial charge in [-0.1, -0.05) is 187 Å². The molecule has 0 aliphatic heterocycles. The van der Waals surface area contributed by atoms with E-state index in [4.69, 9.17) is 46.4 Å². The molecule has 0 aromatic heterocycles. The van der Waals surface area contributed by atoms with Crippen LogP contribution in [0, 0.1) is 0 Å². The summed E-state index contributed by atoms with van der Waals surface area (Å²) in [5.74, 6) is -3.10. The van der Waals surface area contributed by atoms with Crippen LogP contribution in [-0.4, -0.2) is 50.9 Å². The van der Waals surface area contributed by atoms with Crippen LogP contribution in [0.15, 0.2) is 212 Å². The van der Waals surface area contributed by atoms with Crippen molar-refractivity contribution in [3.05, 3.63) is 299 Å². The van der Waals surface area contributed by atoms with E-state index in [1.54, 1.807) is 91.0 Å². The second-order valence-corrected chi connectivity index (χ2v) is 23.6. The van der Waals surface area contributed by atoms with Gasteiger partial charge in [0, 0.05) is 38.2 Å². The number of para-hydroxylation sites is 3. The Morgan fingerprint density at radius 2 is 0.609 bits per heavy atom. The lowest BCUT2D eigenvalue weighted by Crippen LogP contribution is -2.15. The van der Waals surface area contributed by atoms with E-state index in [1.807, 2.05) is 121 Å². The van der Waals surface area contributed by atoms with E-state index in [9.17, 15) is 44.1 Å². The summed E-state index contributed by atoms with van der Waals surface area (Å²) in [4.78, 5) is 71.5. The Hall–Kier alpha value is -9.04. The zero-order chi connectivity index (χ0) is 65.6. The lowest BCUT2D eigenvalue weighted by atomic mass is 9.99. The van der Waals surface area contributed by atoms with Crippen LogP contribution in [0.1, 0.15) is 149 Å². The van der Waals surface area contributed by atoms with Gasteiger partial charge in [0.25, 0.3) is 11.8 Å². The van der Waals surface area contributed by atoms with Gasteiger partial charge < -0.3 is 31.3 Å². The molecule has 0 saturated heterocycles. The lowest BCUT2D eigenvalue weighted by molar-refractivity contribution is -0.115. The molecule has 0 aliphatic rings. The van der Waals surface area contributed by atoms with Crippen molar-refractivity contribution in [2.75, 3.05) is 16.0 Å². The number of hydrogen-bond donors (Lipinski definition) is 6. The van der Waals surface area contributed by atoms with Gasteiger partial charge in [-0.15, -0.1) is 0 Å². The van der Waals surface area contributed by atoms with E-state index >= 15 is 0 Å². The molecule has 0 bridgehead atoms. The number of aromatic carboxylic acids is 3. The van der Waals surface area contributed by atoms with Gasteiger partial charge in [0.2, 0.25) is 5.91 Å². The molecule has 92 heavy (non-hydrogen) atoms. The molecule has 474 valence electrons. The minimum absolute atomic E-state index is 0.0555. The van der Waals surface area contributed by atoms with Gasteiger partial charge >= 0.3 is 17.9 Å². The Morgan fingerprint density at radius 3 is 0.978 bits per heavy atom. The molecule has 9 aromatic rings. The summed E-state index contributed by atoms with van der Waals surface area (Å²) in [6, 6.07) is 63.8. The number of carbonyl (C=O) groups excluding carboxylic acids is 3. The maximum absolute atomic E-state index is 12.6. The van der Waals surface area contributed by atoms with Crippen LogP contribution < -0.4 is 16.0 Å². The van der Waals surface area contributed by atoms with Crippen LogP contribution in [0.25, 0.3) is 0 Å². The van der Waals surface area contributed by atoms with Crippen LogP contribution >= 0.6 is 46.4 Å². The summed E-state index contributed by atoms with van der Waals surface area (Å²) in [7, 11) is 0. The Bertz CT molecular complexity index is 3930. The van der Waals surface area contributed by atoms with Crippen molar-refractivity contribution >= 4 is 99.1 Å². The van der Waals surface area contributed by atoms with Crippen molar-refractivity contribution in [1.82, 2.24) is 0 Å². The number of aryl methyl sites for hydroxylation is 6. The molecule has 3 amide bonds. The van der Waals surface area contributed by atoms with E-state index in [0.717, 1.165) is 152 Å². The fraction of sp³-hybridized carbons (Fsp3) is 0.211. The summed E-state index contributed by atoms with van der Waals surface area (Å²) in [6.07, 6.45) is 13.6. The minimum atomic E-state index is -0.887. The molecule has 12 nitrogen and oxygen atoms in total. The molecule has 16 heteroatoms. The molecule has 0 unspecified atom stereocenters. The van der Waals surface area contributed by atoms with E-state index in [1.165, 1.54) is 0 Å². The van der Waals surface area contributed by atoms with Crippen molar-refractivity contribution in [3.8, 4) is 0 Å². The number of carbonyl (C=O) groups is 6. The molecule has 0 radical (unpaired) electrons. The standard InChI is InChI=1S/C26H26ClNO3.C25H23Cl2NO3.C25H24ClNO3/c27-22-16-14-19(15-17-22)18-25(29)28-24-13-7-5-11-21(24)10-3-1-2-8-20-9-4-6-12-23(20)26(30)31;26-21-15-14-19(16-22(21)27)24(29)28-23-13-7-5-11-18(23)10-3-1-2-8-17-9-4-6-12-20(17)25(30)31;26-21-16-14-20(15-17-21)24(28)27-23-13-7-5-11-19(23)10-3-1-2-8-18-9-4-6-12-22(18)25(29)30/h4-7,9,11-17H,1-3,8,10,18H2,(H,28,29)(H,30,31);4-7,9,11-16H,1-3,8,10H2,(H,28,29)(H,30,31);4-7,9,11-17H,1-3,8,10H2,(H,27,28)(H,29,30). The maximum Gasteiger partial charge on any atom is 0.335 e. The summed E-state index contributed by atoms with van der Waals surface area (Å²) in [5.41, 5.74) is 11.4. The Labute approximate surface area is 557 Å². The number of hydrogen-bond acceptors (Lipinski definition) is 6. The maximum atomic E-state index is 12.6. The minimum Gasteiger partial charge on any atom is -0.478 e. The summed E-state index contributed by atoms with van der Waals surface area (Å²) in [5, 5.41) is 38.8. The highest BCUT2D eigenvalue weighted by atomic mass is 35.5. The lowest BCUT2D eigenvalue weighted by Gasteiger charge is -2.12. The van der Waals surface area contributed by atoms with Gasteiger partial charge in [-0.2, -0.15) is 0 Å². The zero-order valence-electron chi connectivity index (χ0n) is 50.8. The average Bonchev–Trinajstić information content (AvgIpc) is 2.17. The molecule has 0 heterocycles. The quantitative estimate of drug-likeness (QED) is 0.0258. The Morgan fingerprint density at radius 1 is 0.304 bits per heavy atom. The first-order chi connectivity index (χ1) is 44.5. The molecule has 0 aliphatic carbocycles. The van der Waals surface area contributed by atoms with Crippen LogP contribution in [0.4, 0.5) is 17.1 Å². The predicted molar refractivity (Wildman–Crippen MR) is 371 cm³/mol. The van der Waals surface area contributed by atoms with Gasteiger partial charge in [0.15, 0.2) is 0 Å². The monoisotopic (exact) mass is 1310 g/mol. The highest BCUT2D eigenvalue weighted by Gasteiger charge is 2.15. The third-order valence-corrected chi connectivity index (χ3v) is 16.6. The van der Waals surface area contributed by atoms with Gasteiger partial charge in [0.1, 0.15) is 0 Å². The first kappa shape index (κ1) is 70.4. The average molecular weight is 1310 g/mol. The summed E-state index contributed by atoms with van der Waals surface area (Å²) < 4.78 is 0. The van der Waals surface area contributed by atoms with Crippen LogP contribution in [0.2, 0.25) is 20.1 Å². The van der Waals surface area contributed by atoms with Crippen LogP contribution in [0.5, 0.6) is 0 Å². The molecule has 0 atom stereocenters. The predicted octanol–water partition coefficient (Wildman–Crippen LogP) is 19.3. The molecular formula is C76H73Cl4N3O9. The second kappa shape index (κ2) is 37.3. The number of carboxylic acid groups (broad SMARTS) is 3. The number of rotatable bonds is 28. The highest BCUT2D eigenvalue weighted by Crippen LogP contribution is 2.27. The van der Waals surface area contributed by atoms with Crippen molar-refractivity contribution in [2.24, 2.45) is 0 Å². The van der Waals surface area contributed by atoms with E-state index in [2.05, 4.69) is 16.0 Å². The van der Waals surface area contributed by atoms with Crippen molar-refractivity contribution in [1.29, 1.82) is 0 Å². The van der Waals surface area contributed by atoms with E-state index in [-0.39, 0.29) is 17.7 Å². The van der Waals surface area contributed by atoms with Crippen molar-refractivity contribution < 1.29 is 44.1 Å². The van der Waals surface area contributed by atoms with Gasteiger partial charge in [-0.05, 0) is 207 Å². The molecule has 9 rings (SSSR count). The molecule has 9 aromatic carbocycles. The first-order valence-electron chi connectivity index (χ1n) is 30.6. The SMILES string of the molecule is O=C(Cc1ccc(Cl)cc1)Nc1ccccc1CCCCCc1ccccc1C(=O)O.O=C(Nc1ccccc1CCCCCc1ccccc1C(=O)O)c1ccc(Cl)c(Cl)c1.O=C(Nc1ccccc1CCCCCc1ccccc1C(=O)O)c1ccc(Cl)cc1. The molecule has 0 fully saturated rings. The Balaban J connectivity index is 0.000000196. The van der Waals surface area contributed by atoms with Gasteiger partial charge in [-0.3, -0.25) is 14.4 Å². The van der Waals surface area contributed by atoms with E-state index in [0.29, 0.717) is 54.3 Å². The highest BCUT2D eigenvalue weighted by molar-refractivity contribution is 6.42. The third-order valence-electron chi connectivity index (χ3n) is 15.3. The number of nitrogens with one attached hydrogen (secondary N) is 3. The van der Waals surface area contributed by atoms with Crippen molar-refractivity contribution in [2.45, 2.75) is 103 Å². The van der Waals surface area contributed by atoms with E-state index < -0.39 is 17.9 Å². The normalized spacial score (nSPS) is 10.6. The van der Waals surface area contributed by atoms with Gasteiger partial charge in [-0.25, -0.2) is 14.4 Å². The van der Waals surface area contributed by atoms with Crippen LogP contribution in [-0.2, 0) is 49.7 Å². The Kier molecular flexibility index (Phi) is 28.6. The zero-order valence-corrected chi connectivity index (χ0v) is 53.8. The summed E-state index contributed by atoms with van der Waals surface area (Å²) >= 11 is 23.7. The number of amides is 3. The first-order valence-corrected chi connectivity index (χ1v) is 32.1. The topological polar surface area (TPSA) is 199 Å². The fourth-order valence-corrected chi connectivity index (χ4v) is 11.0. The van der Waals surface area contributed by atoms with Gasteiger partial charge in [0.05, 0.1) is 33.2 Å². The fourth-order valence-electron chi connectivity index (χ4n) is 10.5. The largest absolute Gasteiger partial charge is 0.478 e. The third kappa shape index (κ3) is 23.0. The van der Waals surface area contributed by atoms with Crippen LogP contribution in [0.3, 0.4) is 0 Å². The van der Waals surface area contributed by atoms with Crippen molar-refractivity contribution in [3.63, 3.8) is 0 Å². The molecule has 0 spiro atoms. The molecule has 0 saturated carbocycles. The molecule has 6 N–H and O–H groups in total. The number of anilines is 3. The smallest absolute Gasteiger partial charge is 0.335 e. The molecular weight excluding hydrogens is 1240 g/mol. The second-order valence-electron chi connectivity index (χ2n) is 21.9. The summed E-state index contributed by atoms with van der Waals surface area (Å²) in [6.45, 7) is 0. The number of benzene rings is 9.